The molecule has 3 aromatic heterocycles. The molecule has 0 unspecified atom stereocenters. The SMILES string of the molecule is CN=C(NCCc1cccs1)NCc1cn2cc(Br)ccc2n1. The van der Waals surface area contributed by atoms with Gasteiger partial charge in [-0.2, -0.15) is 0 Å². The molecule has 0 spiro atoms. The lowest BCUT2D eigenvalue weighted by atomic mass is 10.3. The van der Waals surface area contributed by atoms with Crippen LogP contribution in [0.4, 0.5) is 0 Å². The van der Waals surface area contributed by atoms with Gasteiger partial charge in [0.15, 0.2) is 5.96 Å². The summed E-state index contributed by atoms with van der Waals surface area (Å²) < 4.78 is 3.04. The largest absolute Gasteiger partial charge is 0.356 e. The third-order valence-electron chi connectivity index (χ3n) is 3.37. The van der Waals surface area contributed by atoms with Crippen molar-refractivity contribution in [2.75, 3.05) is 13.6 Å². The van der Waals surface area contributed by atoms with Gasteiger partial charge in [-0.1, -0.05) is 6.07 Å². The second-order valence-corrected chi connectivity index (χ2v) is 6.97. The van der Waals surface area contributed by atoms with Gasteiger partial charge in [-0.3, -0.25) is 4.99 Å². The summed E-state index contributed by atoms with van der Waals surface area (Å²) in [5.41, 5.74) is 1.91. The molecule has 3 aromatic rings. The highest BCUT2D eigenvalue weighted by molar-refractivity contribution is 9.10. The van der Waals surface area contributed by atoms with E-state index in [1.807, 2.05) is 28.9 Å². The number of nitrogens with zero attached hydrogens (tertiary/aromatic N) is 3. The maximum atomic E-state index is 4.58. The van der Waals surface area contributed by atoms with E-state index in [1.165, 1.54) is 4.88 Å². The van der Waals surface area contributed by atoms with E-state index in [-0.39, 0.29) is 0 Å². The lowest BCUT2D eigenvalue weighted by molar-refractivity contribution is 0.790. The molecule has 3 rings (SSSR count). The van der Waals surface area contributed by atoms with Crippen LogP contribution in [0, 0.1) is 0 Å². The summed E-state index contributed by atoms with van der Waals surface area (Å²) in [6, 6.07) is 8.21. The van der Waals surface area contributed by atoms with Gasteiger partial charge in [0, 0.05) is 35.3 Å². The smallest absolute Gasteiger partial charge is 0.191 e. The molecule has 7 heteroatoms. The fraction of sp³-hybridized carbons (Fsp3) is 0.250. The summed E-state index contributed by atoms with van der Waals surface area (Å²) >= 11 is 5.25. The molecule has 0 aliphatic heterocycles. The van der Waals surface area contributed by atoms with E-state index in [2.05, 4.69) is 54.1 Å². The van der Waals surface area contributed by atoms with E-state index >= 15 is 0 Å². The van der Waals surface area contributed by atoms with E-state index in [0.29, 0.717) is 6.54 Å². The molecule has 3 heterocycles. The Labute approximate surface area is 147 Å². The molecule has 5 nitrogen and oxygen atoms in total. The third-order valence-corrected chi connectivity index (χ3v) is 4.77. The fourth-order valence-electron chi connectivity index (χ4n) is 2.26. The van der Waals surface area contributed by atoms with Gasteiger partial charge in [0.2, 0.25) is 0 Å². The van der Waals surface area contributed by atoms with Crippen LogP contribution in [0.3, 0.4) is 0 Å². The first-order chi connectivity index (χ1) is 11.2. The zero-order valence-electron chi connectivity index (χ0n) is 12.8. The van der Waals surface area contributed by atoms with Gasteiger partial charge in [-0.15, -0.1) is 11.3 Å². The van der Waals surface area contributed by atoms with Gasteiger partial charge in [-0.25, -0.2) is 4.98 Å². The van der Waals surface area contributed by atoms with Gasteiger partial charge < -0.3 is 15.0 Å². The highest BCUT2D eigenvalue weighted by atomic mass is 79.9. The average molecular weight is 392 g/mol. The number of hydrogen-bond acceptors (Lipinski definition) is 3. The minimum Gasteiger partial charge on any atom is -0.356 e. The van der Waals surface area contributed by atoms with E-state index in [9.17, 15) is 0 Å². The molecular weight excluding hydrogens is 374 g/mol. The molecule has 0 aliphatic rings. The number of halogens is 1. The minimum absolute atomic E-state index is 0.637. The normalized spacial score (nSPS) is 11.8. The molecule has 23 heavy (non-hydrogen) atoms. The Hall–Kier alpha value is -1.86. The van der Waals surface area contributed by atoms with Crippen molar-refractivity contribution in [1.82, 2.24) is 20.0 Å². The van der Waals surface area contributed by atoms with Gasteiger partial charge >= 0.3 is 0 Å². The Morgan fingerprint density at radius 1 is 1.30 bits per heavy atom. The lowest BCUT2D eigenvalue weighted by Crippen LogP contribution is -2.37. The van der Waals surface area contributed by atoms with Crippen LogP contribution in [0.5, 0.6) is 0 Å². The molecule has 120 valence electrons. The topological polar surface area (TPSA) is 53.7 Å². The van der Waals surface area contributed by atoms with Crippen molar-refractivity contribution >= 4 is 38.9 Å². The van der Waals surface area contributed by atoms with E-state index in [0.717, 1.165) is 34.7 Å². The van der Waals surface area contributed by atoms with Crippen molar-refractivity contribution < 1.29 is 0 Å². The van der Waals surface area contributed by atoms with Crippen LogP contribution in [-0.4, -0.2) is 28.9 Å². The summed E-state index contributed by atoms with van der Waals surface area (Å²) in [6.07, 6.45) is 5.02. The Morgan fingerprint density at radius 3 is 3.00 bits per heavy atom. The highest BCUT2D eigenvalue weighted by Crippen LogP contribution is 2.12. The monoisotopic (exact) mass is 391 g/mol. The number of rotatable bonds is 5. The first-order valence-electron chi connectivity index (χ1n) is 7.34. The van der Waals surface area contributed by atoms with Crippen molar-refractivity contribution in [3.63, 3.8) is 0 Å². The average Bonchev–Trinajstić information content (AvgIpc) is 3.19. The number of pyridine rings is 1. The summed E-state index contributed by atoms with van der Waals surface area (Å²) in [5, 5.41) is 8.72. The van der Waals surface area contributed by atoms with E-state index in [1.54, 1.807) is 18.4 Å². The second kappa shape index (κ2) is 7.61. The number of guanidine groups is 1. The molecule has 0 fully saturated rings. The highest BCUT2D eigenvalue weighted by Gasteiger charge is 2.04. The number of hydrogen-bond donors (Lipinski definition) is 2. The first-order valence-corrected chi connectivity index (χ1v) is 9.02. The lowest BCUT2D eigenvalue weighted by Gasteiger charge is -2.10. The van der Waals surface area contributed by atoms with Crippen LogP contribution in [0.25, 0.3) is 5.65 Å². The van der Waals surface area contributed by atoms with Crippen LogP contribution in [-0.2, 0) is 13.0 Å². The van der Waals surface area contributed by atoms with Crippen LogP contribution < -0.4 is 10.6 Å². The first kappa shape index (κ1) is 16.0. The quantitative estimate of drug-likeness (QED) is 0.518. The molecule has 0 amide bonds. The Morgan fingerprint density at radius 2 is 2.22 bits per heavy atom. The molecule has 2 N–H and O–H groups in total. The van der Waals surface area contributed by atoms with E-state index < -0.39 is 0 Å². The molecule has 0 atom stereocenters. The second-order valence-electron chi connectivity index (χ2n) is 5.03. The maximum absolute atomic E-state index is 4.58. The number of aromatic nitrogens is 2. The Balaban J connectivity index is 1.52. The molecule has 0 radical (unpaired) electrons. The molecule has 0 aliphatic carbocycles. The number of imidazole rings is 1. The molecule has 0 aromatic carbocycles. The van der Waals surface area contributed by atoms with Crippen LogP contribution in [0.1, 0.15) is 10.6 Å². The number of nitrogens with one attached hydrogen (secondary N) is 2. The minimum atomic E-state index is 0.637. The molecule has 0 bridgehead atoms. The number of fused-ring (bicyclic) bond motifs is 1. The molecule has 0 saturated carbocycles. The summed E-state index contributed by atoms with van der Waals surface area (Å²) in [6.45, 7) is 1.50. The van der Waals surface area contributed by atoms with Gasteiger partial charge in [-0.05, 0) is 45.9 Å². The van der Waals surface area contributed by atoms with Crippen molar-refractivity contribution in [3.05, 3.63) is 57.1 Å². The van der Waals surface area contributed by atoms with E-state index in [4.69, 9.17) is 0 Å². The maximum Gasteiger partial charge on any atom is 0.191 e. The molecule has 0 saturated heterocycles. The Kier molecular flexibility index (Phi) is 5.30. The van der Waals surface area contributed by atoms with Gasteiger partial charge in [0.1, 0.15) is 5.65 Å². The predicted octanol–water partition coefficient (Wildman–Crippen LogP) is 3.07. The van der Waals surface area contributed by atoms with Crippen LogP contribution in [0.15, 0.2) is 51.5 Å². The summed E-state index contributed by atoms with van der Waals surface area (Å²) in [4.78, 5) is 10.2. The van der Waals surface area contributed by atoms with Crippen molar-refractivity contribution in [2.45, 2.75) is 13.0 Å². The Bertz CT molecular complexity index is 794. The summed E-state index contributed by atoms with van der Waals surface area (Å²) in [7, 11) is 1.78. The van der Waals surface area contributed by atoms with Crippen LogP contribution in [0.2, 0.25) is 0 Å². The van der Waals surface area contributed by atoms with Crippen molar-refractivity contribution in [3.8, 4) is 0 Å². The van der Waals surface area contributed by atoms with Crippen molar-refractivity contribution in [1.29, 1.82) is 0 Å². The predicted molar refractivity (Wildman–Crippen MR) is 99.1 cm³/mol. The molecular formula is C16H18BrN5S. The number of aliphatic imine (C=N–C) groups is 1. The standard InChI is InChI=1S/C16H18BrN5S/c1-18-16(19-7-6-14-3-2-8-23-14)20-9-13-11-22-10-12(17)4-5-15(22)21-13/h2-5,8,10-11H,6-7,9H2,1H3,(H2,18,19,20). The third kappa shape index (κ3) is 4.33. The number of thiophene rings is 1. The fourth-order valence-corrected chi connectivity index (χ4v) is 3.32. The van der Waals surface area contributed by atoms with Crippen LogP contribution >= 0.6 is 27.3 Å². The van der Waals surface area contributed by atoms with Gasteiger partial charge in [0.25, 0.3) is 0 Å². The van der Waals surface area contributed by atoms with Gasteiger partial charge in [0.05, 0.1) is 12.2 Å². The zero-order valence-corrected chi connectivity index (χ0v) is 15.2. The summed E-state index contributed by atoms with van der Waals surface area (Å²) in [5.74, 6) is 0.791. The zero-order chi connectivity index (χ0) is 16.1. The van der Waals surface area contributed by atoms with Crippen molar-refractivity contribution in [2.24, 2.45) is 4.99 Å².